The summed E-state index contributed by atoms with van der Waals surface area (Å²) in [7, 11) is 1.59. The first-order chi connectivity index (χ1) is 12.0. The van der Waals surface area contributed by atoms with Crippen molar-refractivity contribution in [1.82, 2.24) is 16.2 Å². The molecule has 0 spiro atoms. The number of amides is 2. The molecule has 0 aliphatic carbocycles. The van der Waals surface area contributed by atoms with E-state index in [0.717, 1.165) is 0 Å². The van der Waals surface area contributed by atoms with Gasteiger partial charge in [0.05, 0.1) is 25.3 Å². The van der Waals surface area contributed by atoms with Crippen LogP contribution in [0.5, 0.6) is 5.75 Å². The number of thiocarbonyl (C=S) groups is 1. The highest BCUT2D eigenvalue weighted by Gasteiger charge is 2.25. The second kappa shape index (κ2) is 9.19. The minimum Gasteiger partial charge on any atom is -0.491 e. The van der Waals surface area contributed by atoms with Crippen molar-refractivity contribution < 1.29 is 19.1 Å². The van der Waals surface area contributed by atoms with Crippen LogP contribution in [0.3, 0.4) is 0 Å². The van der Waals surface area contributed by atoms with Crippen LogP contribution in [0.4, 0.5) is 5.69 Å². The highest BCUT2D eigenvalue weighted by molar-refractivity contribution is 7.80. The van der Waals surface area contributed by atoms with E-state index < -0.39 is 5.91 Å². The van der Waals surface area contributed by atoms with E-state index in [2.05, 4.69) is 16.2 Å². The molecular weight excluding hydrogens is 344 g/mol. The van der Waals surface area contributed by atoms with E-state index in [4.69, 9.17) is 21.7 Å². The Morgan fingerprint density at radius 3 is 2.92 bits per heavy atom. The number of hydrazine groups is 1. The predicted molar refractivity (Wildman–Crippen MR) is 97.3 cm³/mol. The van der Waals surface area contributed by atoms with Crippen LogP contribution in [-0.4, -0.2) is 49.8 Å². The van der Waals surface area contributed by atoms with Crippen molar-refractivity contribution >= 4 is 34.8 Å². The number of carbonyl (C=O) groups is 2. The molecule has 1 aliphatic heterocycles. The molecule has 8 nitrogen and oxygen atoms in total. The van der Waals surface area contributed by atoms with Crippen LogP contribution in [0.25, 0.3) is 0 Å². The zero-order valence-electron chi connectivity index (χ0n) is 14.2. The van der Waals surface area contributed by atoms with Crippen molar-refractivity contribution in [2.75, 3.05) is 31.8 Å². The first-order valence-electron chi connectivity index (χ1n) is 7.87. The molecule has 2 amide bonds. The number of carbonyl (C=O) groups excluding carboxylic acids is 2. The number of rotatable bonds is 5. The van der Waals surface area contributed by atoms with Crippen molar-refractivity contribution in [3.05, 3.63) is 24.3 Å². The third kappa shape index (κ3) is 5.57. The fourth-order valence-corrected chi connectivity index (χ4v) is 2.61. The molecule has 1 aliphatic rings. The molecule has 1 aromatic rings. The Labute approximate surface area is 151 Å². The molecule has 0 aromatic heterocycles. The van der Waals surface area contributed by atoms with Crippen LogP contribution in [0.1, 0.15) is 13.3 Å². The predicted octanol–water partition coefficient (Wildman–Crippen LogP) is 0.332. The summed E-state index contributed by atoms with van der Waals surface area (Å²) >= 11 is 5.08. The molecule has 9 heteroatoms. The summed E-state index contributed by atoms with van der Waals surface area (Å²) in [6.07, 6.45) is 0.212. The second-order valence-electron chi connectivity index (χ2n) is 5.55. The number of anilines is 1. The van der Waals surface area contributed by atoms with Crippen molar-refractivity contribution in [3.63, 3.8) is 0 Å². The summed E-state index contributed by atoms with van der Waals surface area (Å²) < 4.78 is 10.5. The maximum Gasteiger partial charge on any atom is 0.258 e. The summed E-state index contributed by atoms with van der Waals surface area (Å²) in [6.45, 7) is 2.53. The van der Waals surface area contributed by atoms with Crippen LogP contribution in [0, 0.1) is 0 Å². The number of hydrogen-bond acceptors (Lipinski definition) is 5. The van der Waals surface area contributed by atoms with Gasteiger partial charge in [-0.2, -0.15) is 0 Å². The van der Waals surface area contributed by atoms with Gasteiger partial charge in [-0.1, -0.05) is 12.1 Å². The van der Waals surface area contributed by atoms with Gasteiger partial charge in [-0.3, -0.25) is 25.3 Å². The SMILES string of the molecule is COC[C@@H](C)NC(=S)NNC(=O)CN1C(=O)CCOc2ccccc21. The van der Waals surface area contributed by atoms with Gasteiger partial charge in [0.1, 0.15) is 12.3 Å². The lowest BCUT2D eigenvalue weighted by Gasteiger charge is -2.22. The van der Waals surface area contributed by atoms with Crippen molar-refractivity contribution in [2.45, 2.75) is 19.4 Å². The quantitative estimate of drug-likeness (QED) is 0.511. The number of nitrogens with one attached hydrogen (secondary N) is 3. The lowest BCUT2D eigenvalue weighted by Crippen LogP contribution is -2.52. The van der Waals surface area contributed by atoms with E-state index in [1.165, 1.54) is 4.90 Å². The minimum absolute atomic E-state index is 0.00175. The number of para-hydroxylation sites is 2. The molecule has 0 saturated heterocycles. The molecule has 3 N–H and O–H groups in total. The molecule has 0 radical (unpaired) electrons. The average Bonchev–Trinajstić information content (AvgIpc) is 2.73. The third-order valence-corrected chi connectivity index (χ3v) is 3.66. The van der Waals surface area contributed by atoms with E-state index in [1.807, 2.05) is 13.0 Å². The normalized spacial score (nSPS) is 14.6. The van der Waals surface area contributed by atoms with Crippen LogP contribution >= 0.6 is 12.2 Å². The van der Waals surface area contributed by atoms with E-state index in [1.54, 1.807) is 25.3 Å². The molecule has 2 rings (SSSR count). The molecule has 0 saturated carbocycles. The average molecular weight is 366 g/mol. The molecule has 136 valence electrons. The Morgan fingerprint density at radius 1 is 1.40 bits per heavy atom. The van der Waals surface area contributed by atoms with Gasteiger partial charge in [0.15, 0.2) is 5.11 Å². The summed E-state index contributed by atoms with van der Waals surface area (Å²) in [6, 6.07) is 7.13. The van der Waals surface area contributed by atoms with Crippen molar-refractivity contribution in [3.8, 4) is 5.75 Å². The highest BCUT2D eigenvalue weighted by atomic mass is 32.1. The molecule has 25 heavy (non-hydrogen) atoms. The Morgan fingerprint density at radius 2 is 2.16 bits per heavy atom. The van der Waals surface area contributed by atoms with Crippen molar-refractivity contribution in [1.29, 1.82) is 0 Å². The fourth-order valence-electron chi connectivity index (χ4n) is 2.35. The molecule has 1 atom stereocenters. The number of nitrogens with zero attached hydrogens (tertiary/aromatic N) is 1. The van der Waals surface area contributed by atoms with Gasteiger partial charge in [-0.15, -0.1) is 0 Å². The monoisotopic (exact) mass is 366 g/mol. The summed E-state index contributed by atoms with van der Waals surface area (Å²) in [5.74, 6) is 0.0165. The Balaban J connectivity index is 1.91. The Hall–Kier alpha value is -2.39. The van der Waals surface area contributed by atoms with Crippen molar-refractivity contribution in [2.24, 2.45) is 0 Å². The molecule has 0 bridgehead atoms. The highest BCUT2D eigenvalue weighted by Crippen LogP contribution is 2.30. The number of ether oxygens (including phenoxy) is 2. The van der Waals surface area contributed by atoms with E-state index in [9.17, 15) is 9.59 Å². The first kappa shape index (κ1) is 18.9. The van der Waals surface area contributed by atoms with Crippen LogP contribution in [-0.2, 0) is 14.3 Å². The second-order valence-corrected chi connectivity index (χ2v) is 5.96. The van der Waals surface area contributed by atoms with Crippen LogP contribution in [0.2, 0.25) is 0 Å². The number of methoxy groups -OCH3 is 1. The molecule has 1 heterocycles. The standard InChI is InChI=1S/C16H22N4O4S/c1-11(10-23-2)17-16(25)19-18-14(21)9-20-12-5-3-4-6-13(12)24-8-7-15(20)22/h3-6,11H,7-10H2,1-2H3,(H,18,21)(H2,17,19,25)/t11-/m1/s1. The Kier molecular flexibility index (Phi) is 6.96. The van der Waals surface area contributed by atoms with E-state index in [0.29, 0.717) is 18.0 Å². The van der Waals surface area contributed by atoms with Crippen LogP contribution < -0.4 is 25.8 Å². The maximum absolute atomic E-state index is 12.3. The fraction of sp³-hybridized carbons (Fsp3) is 0.438. The third-order valence-electron chi connectivity index (χ3n) is 3.44. The molecular formula is C16H22N4O4S. The van der Waals surface area contributed by atoms with Gasteiger partial charge in [0.25, 0.3) is 5.91 Å². The van der Waals surface area contributed by atoms with E-state index in [-0.39, 0.29) is 36.6 Å². The van der Waals surface area contributed by atoms with Gasteiger partial charge < -0.3 is 14.8 Å². The lowest BCUT2D eigenvalue weighted by atomic mass is 10.2. The van der Waals surface area contributed by atoms with Crippen LogP contribution in [0.15, 0.2) is 24.3 Å². The van der Waals surface area contributed by atoms with Gasteiger partial charge in [0, 0.05) is 13.2 Å². The largest absolute Gasteiger partial charge is 0.491 e. The lowest BCUT2D eigenvalue weighted by molar-refractivity contribution is -0.124. The summed E-state index contributed by atoms with van der Waals surface area (Å²) in [4.78, 5) is 25.8. The van der Waals surface area contributed by atoms with Gasteiger partial charge in [-0.05, 0) is 31.3 Å². The van der Waals surface area contributed by atoms with Gasteiger partial charge in [-0.25, -0.2) is 0 Å². The number of hydrogen-bond donors (Lipinski definition) is 3. The zero-order chi connectivity index (χ0) is 18.2. The molecule has 1 aromatic carbocycles. The zero-order valence-corrected chi connectivity index (χ0v) is 15.0. The molecule has 0 unspecified atom stereocenters. The topological polar surface area (TPSA) is 91.9 Å². The minimum atomic E-state index is -0.395. The number of benzene rings is 1. The maximum atomic E-state index is 12.3. The molecule has 0 fully saturated rings. The van der Waals surface area contributed by atoms with Gasteiger partial charge >= 0.3 is 0 Å². The first-order valence-corrected chi connectivity index (χ1v) is 8.28. The van der Waals surface area contributed by atoms with E-state index >= 15 is 0 Å². The smallest absolute Gasteiger partial charge is 0.258 e. The van der Waals surface area contributed by atoms with Gasteiger partial charge in [0.2, 0.25) is 5.91 Å². The summed E-state index contributed by atoms with van der Waals surface area (Å²) in [5.41, 5.74) is 5.67. The summed E-state index contributed by atoms with van der Waals surface area (Å²) in [5, 5.41) is 3.22. The Bertz CT molecular complexity index is 640. The number of fused-ring (bicyclic) bond motifs is 1.